The molecule has 1 aliphatic heterocycles. The number of carbonyl (C=O) groups is 2. The van der Waals surface area contributed by atoms with E-state index in [-0.39, 0.29) is 58.9 Å². The number of fused-ring (bicyclic) bond motifs is 1. The molecule has 9 N–H and O–H groups in total. The van der Waals surface area contributed by atoms with Crippen molar-refractivity contribution in [1.82, 2.24) is 25.2 Å². The summed E-state index contributed by atoms with van der Waals surface area (Å²) in [5.41, 5.74) is 9.08. The number of ether oxygens (including phenoxy) is 4. The molecule has 1 aliphatic carbocycles. The van der Waals surface area contributed by atoms with Crippen molar-refractivity contribution < 1.29 is 80.1 Å². The van der Waals surface area contributed by atoms with Crippen LogP contribution in [-0.2, 0) is 52.2 Å². The molecular formula is C48H65N8O17P3S4. The van der Waals surface area contributed by atoms with Crippen LogP contribution in [0, 0.1) is 11.8 Å². The zero-order chi connectivity index (χ0) is 58.1. The highest BCUT2D eigenvalue weighted by Crippen LogP contribution is 2.66. The molecule has 6 rings (SSSR count). The Kier molecular flexibility index (Phi) is 24.4. The van der Waals surface area contributed by atoms with Gasteiger partial charge in [0.1, 0.15) is 66.1 Å². The SMILES string of the molecule is CC(C)(C)SSCOC1C[C@H](n2cc(C#CCOCSSC(C)(C)CNC(=O)c3ccc(N=Nc4cc(CCNC(=O)OC5CC/C=C/CCC5)ccc4O)cc3)c3c(N)ncnc32)O[C@@H]1COP(=O)(O)OP(=O)(O)OP(=O)(O)O. The van der Waals surface area contributed by atoms with Crippen molar-refractivity contribution in [1.29, 1.82) is 0 Å². The van der Waals surface area contributed by atoms with Gasteiger partial charge in [0.25, 0.3) is 5.91 Å². The zero-order valence-electron chi connectivity index (χ0n) is 44.3. The molecule has 6 atom stereocenters. The standard InChI is InChI=1S/C48H65N8O17P3S4/c1-47(2,3)79-78-31-68-39-25-41(71-40(39)27-69-75(63,64)73-76(65,66)72-74(60,61)62)56-26-34(42-43(49)52-29-53-44(42)56)12-11-23-67-30-77-80-48(4,5)28-51-45(58)33-16-18-35(19-17-33)54-55-37-24-32(15-20-38(37)57)21-22-50-46(59)70-36-13-9-7-6-8-10-14-36/h6-7,15-20,24,26,29,36,39-41,57H,8-10,13-14,21-23,25,27-28,30-31H2,1-5H3,(H,50,59)(H,51,58)(H,63,64)(H,65,66)(H2,49,52,53)(H2,60,61,62)/b7-6+,55-54?/t36?,39?,40-,41-/m1/s1. The number of nitrogen functional groups attached to an aromatic ring is 1. The number of carbonyl (C=O) groups excluding carboxylic acids is 2. The van der Waals surface area contributed by atoms with E-state index in [0.717, 1.165) is 37.7 Å². The number of phenols is 1. The number of anilines is 1. The van der Waals surface area contributed by atoms with Crippen molar-refractivity contribution in [3.05, 3.63) is 83.8 Å². The van der Waals surface area contributed by atoms with Crippen LogP contribution in [0.5, 0.6) is 5.75 Å². The predicted octanol–water partition coefficient (Wildman–Crippen LogP) is 10.4. The van der Waals surface area contributed by atoms with Crippen molar-refractivity contribution in [3.8, 4) is 17.6 Å². The first-order valence-electron chi connectivity index (χ1n) is 24.8. The zero-order valence-corrected chi connectivity index (χ0v) is 50.2. The fraction of sp³-hybridized carbons (Fsp3) is 0.500. The summed E-state index contributed by atoms with van der Waals surface area (Å²) in [4.78, 5) is 71.6. The van der Waals surface area contributed by atoms with Crippen LogP contribution in [0.3, 0.4) is 0 Å². The molecule has 32 heteroatoms. The van der Waals surface area contributed by atoms with Gasteiger partial charge in [-0.25, -0.2) is 28.5 Å². The van der Waals surface area contributed by atoms with E-state index in [1.54, 1.807) is 58.0 Å². The number of phosphoric ester groups is 1. The molecule has 4 unspecified atom stereocenters. The Morgan fingerprint density at radius 2 is 1.68 bits per heavy atom. The first-order valence-corrected chi connectivity index (χ1v) is 34.0. The lowest BCUT2D eigenvalue weighted by Crippen LogP contribution is -2.35. The minimum Gasteiger partial charge on any atom is -0.506 e. The number of hydrogen-bond donors (Lipinski definition) is 8. The van der Waals surface area contributed by atoms with E-state index in [9.17, 15) is 38.2 Å². The Morgan fingerprint density at radius 3 is 2.42 bits per heavy atom. The fourth-order valence-electron chi connectivity index (χ4n) is 7.61. The quantitative estimate of drug-likeness (QED) is 0.00551. The number of nitrogens with zero attached hydrogens (tertiary/aromatic N) is 5. The minimum absolute atomic E-state index is 0.0346. The molecule has 2 amide bonds. The second-order valence-electron chi connectivity index (χ2n) is 19.5. The van der Waals surface area contributed by atoms with E-state index in [1.807, 2.05) is 34.6 Å². The number of hydrogen-bond acceptors (Lipinski definition) is 22. The molecule has 0 bridgehead atoms. The Morgan fingerprint density at radius 1 is 0.925 bits per heavy atom. The fourth-order valence-corrected chi connectivity index (χ4v) is 14.8. The highest BCUT2D eigenvalue weighted by Gasteiger charge is 2.44. The van der Waals surface area contributed by atoms with E-state index >= 15 is 0 Å². The number of phosphoric acid groups is 3. The molecule has 1 saturated heterocycles. The molecule has 4 aromatic rings. The molecule has 2 aromatic heterocycles. The second-order valence-corrected chi connectivity index (χ2v) is 29.9. The number of nitrogens with one attached hydrogen (secondary N) is 2. The molecule has 2 aromatic carbocycles. The first kappa shape index (κ1) is 65.1. The third-order valence-corrected chi connectivity index (χ3v) is 21.0. The van der Waals surface area contributed by atoms with Crippen LogP contribution in [0.1, 0.15) is 101 Å². The smallest absolute Gasteiger partial charge is 0.490 e. The molecule has 0 spiro atoms. The van der Waals surface area contributed by atoms with E-state index < -0.39 is 59.4 Å². The maximum atomic E-state index is 13.1. The van der Waals surface area contributed by atoms with E-state index in [4.69, 9.17) is 39.0 Å². The maximum absolute atomic E-state index is 13.1. The lowest BCUT2D eigenvalue weighted by molar-refractivity contribution is -0.0520. The van der Waals surface area contributed by atoms with Crippen LogP contribution in [-0.4, -0.2) is 117 Å². The number of rotatable bonds is 26. The van der Waals surface area contributed by atoms with Gasteiger partial charge < -0.3 is 64.6 Å². The normalized spacial score (nSPS) is 20.0. The summed E-state index contributed by atoms with van der Waals surface area (Å²) < 4.78 is 73.1. The van der Waals surface area contributed by atoms with E-state index in [1.165, 1.54) is 44.8 Å². The molecule has 3 heterocycles. The number of amides is 2. The van der Waals surface area contributed by atoms with Gasteiger partial charge in [-0.1, -0.05) is 94.0 Å². The number of phenolic OH excluding ortho intramolecular Hbond substituents is 1. The van der Waals surface area contributed by atoms with Crippen LogP contribution in [0.2, 0.25) is 0 Å². The Bertz CT molecular complexity index is 3030. The number of nitrogens with two attached hydrogens (primary N) is 1. The second kappa shape index (κ2) is 30.0. The van der Waals surface area contributed by atoms with Crippen LogP contribution in [0.15, 0.2) is 77.4 Å². The highest BCUT2D eigenvalue weighted by molar-refractivity contribution is 8.77. The average Bonchev–Trinajstić information content (AvgIpc) is 3.95. The Hall–Kier alpha value is -4.01. The number of benzene rings is 2. The Balaban J connectivity index is 0.954. The molecule has 438 valence electrons. The Labute approximate surface area is 478 Å². The van der Waals surface area contributed by atoms with Gasteiger partial charge in [0.15, 0.2) is 0 Å². The molecule has 25 nitrogen and oxygen atoms in total. The van der Waals surface area contributed by atoms with Crippen LogP contribution in [0.4, 0.5) is 22.0 Å². The van der Waals surface area contributed by atoms with Crippen molar-refractivity contribution in [3.63, 3.8) is 0 Å². The van der Waals surface area contributed by atoms with Gasteiger partial charge >= 0.3 is 29.6 Å². The van der Waals surface area contributed by atoms with Gasteiger partial charge in [0, 0.05) is 40.8 Å². The van der Waals surface area contributed by atoms with Crippen molar-refractivity contribution in [2.24, 2.45) is 10.2 Å². The number of aromatic hydroxyl groups is 1. The van der Waals surface area contributed by atoms with Gasteiger partial charge in [-0.05, 0) is 94.3 Å². The average molecular weight is 1250 g/mol. The largest absolute Gasteiger partial charge is 0.506 e. The molecule has 0 saturated carbocycles. The summed E-state index contributed by atoms with van der Waals surface area (Å²) in [5.74, 6) is 6.26. The molecule has 2 aliphatic rings. The summed E-state index contributed by atoms with van der Waals surface area (Å²) >= 11 is 0. The van der Waals surface area contributed by atoms with E-state index in [2.05, 4.69) is 63.4 Å². The molecule has 0 radical (unpaired) electrons. The van der Waals surface area contributed by atoms with Crippen LogP contribution < -0.4 is 16.4 Å². The molecular weight excluding hydrogens is 1180 g/mol. The van der Waals surface area contributed by atoms with Crippen LogP contribution in [0.25, 0.3) is 11.0 Å². The number of allylic oxidation sites excluding steroid dienone is 2. The summed E-state index contributed by atoms with van der Waals surface area (Å²) in [6.07, 6.45) is 9.10. The monoisotopic (exact) mass is 1250 g/mol. The number of alkyl carbamates (subject to hydrolysis) is 1. The van der Waals surface area contributed by atoms with Crippen LogP contribution >= 0.6 is 66.6 Å². The maximum Gasteiger partial charge on any atom is 0.490 e. The number of azo groups is 1. The molecule has 80 heavy (non-hydrogen) atoms. The summed E-state index contributed by atoms with van der Waals surface area (Å²) in [5, 5.41) is 25.1. The third-order valence-electron chi connectivity index (χ3n) is 11.2. The third kappa shape index (κ3) is 22.3. The van der Waals surface area contributed by atoms with Crippen molar-refractivity contribution in [2.45, 2.75) is 114 Å². The van der Waals surface area contributed by atoms with E-state index in [0.29, 0.717) is 47.4 Å². The topological polar surface area (TPSA) is 357 Å². The summed E-state index contributed by atoms with van der Waals surface area (Å²) in [6.45, 7) is 10.0. The van der Waals surface area contributed by atoms with Gasteiger partial charge in [0.2, 0.25) is 0 Å². The highest BCUT2D eigenvalue weighted by atomic mass is 33.1. The van der Waals surface area contributed by atoms with Gasteiger partial charge in [-0.15, -0.1) is 5.11 Å². The summed E-state index contributed by atoms with van der Waals surface area (Å²) in [6, 6.07) is 11.5. The summed E-state index contributed by atoms with van der Waals surface area (Å²) in [7, 11) is -10.9. The van der Waals surface area contributed by atoms with Gasteiger partial charge in [-0.2, -0.15) is 13.7 Å². The predicted molar refractivity (Wildman–Crippen MR) is 307 cm³/mol. The van der Waals surface area contributed by atoms with Gasteiger partial charge in [0.05, 0.1) is 29.3 Å². The number of aromatic nitrogens is 3. The lowest BCUT2D eigenvalue weighted by Gasteiger charge is -2.23. The van der Waals surface area contributed by atoms with Crippen molar-refractivity contribution in [2.75, 3.05) is 43.9 Å². The lowest BCUT2D eigenvalue weighted by atomic mass is 10.0. The van der Waals surface area contributed by atoms with Crippen molar-refractivity contribution >= 4 is 107 Å². The minimum atomic E-state index is -5.76. The molecule has 1 fully saturated rings. The first-order chi connectivity index (χ1) is 37.7. The van der Waals surface area contributed by atoms with Gasteiger partial charge in [-0.3, -0.25) is 9.32 Å².